The van der Waals surface area contributed by atoms with E-state index in [9.17, 15) is 4.79 Å². The van der Waals surface area contributed by atoms with Crippen LogP contribution in [-0.4, -0.2) is 39.0 Å². The molecule has 3 rings (SSSR count). The Hall–Kier alpha value is -3.26. The normalized spacial score (nSPS) is 14.8. The molecule has 0 radical (unpaired) electrons. The molecule has 1 saturated heterocycles. The van der Waals surface area contributed by atoms with Gasteiger partial charge in [-0.15, -0.1) is 0 Å². The number of methoxy groups -OCH3 is 3. The highest BCUT2D eigenvalue weighted by molar-refractivity contribution is 7.80. The highest BCUT2D eigenvalue weighted by atomic mass is 32.1. The van der Waals surface area contributed by atoms with Gasteiger partial charge >= 0.3 is 0 Å². The number of hydrogen-bond acceptors (Lipinski definition) is 6. The average Bonchev–Trinajstić information content (AvgIpc) is 3.01. The van der Waals surface area contributed by atoms with Crippen LogP contribution in [0.3, 0.4) is 0 Å². The second kappa shape index (κ2) is 8.83. The van der Waals surface area contributed by atoms with Gasteiger partial charge < -0.3 is 24.3 Å². The Morgan fingerprint density at radius 2 is 1.66 bits per heavy atom. The molecule has 7 nitrogen and oxygen atoms in total. The number of benzene rings is 2. The summed E-state index contributed by atoms with van der Waals surface area (Å²) in [6.45, 7) is 2.49. The maximum absolute atomic E-state index is 13.0. The van der Waals surface area contributed by atoms with E-state index in [0.29, 0.717) is 45.9 Å². The van der Waals surface area contributed by atoms with E-state index in [1.165, 1.54) is 26.2 Å². The summed E-state index contributed by atoms with van der Waals surface area (Å²) in [4.78, 5) is 14.4. The molecule has 1 aliphatic heterocycles. The Morgan fingerprint density at radius 1 is 1.03 bits per heavy atom. The molecule has 152 valence electrons. The smallest absolute Gasteiger partial charge is 0.281 e. The predicted octanol–water partition coefficient (Wildman–Crippen LogP) is 3.37. The van der Waals surface area contributed by atoms with Crippen molar-refractivity contribution in [3.8, 4) is 23.0 Å². The molecular weight excluding hydrogens is 392 g/mol. The summed E-state index contributed by atoms with van der Waals surface area (Å²) in [5.74, 6) is 1.95. The zero-order valence-electron chi connectivity index (χ0n) is 16.6. The topological polar surface area (TPSA) is 69.3 Å². The van der Waals surface area contributed by atoms with Gasteiger partial charge in [-0.2, -0.15) is 0 Å². The number of nitrogens with one attached hydrogen (secondary N) is 1. The third kappa shape index (κ3) is 4.12. The van der Waals surface area contributed by atoms with Gasteiger partial charge in [0.2, 0.25) is 5.75 Å². The van der Waals surface area contributed by atoms with Gasteiger partial charge in [0, 0.05) is 0 Å². The van der Waals surface area contributed by atoms with E-state index in [-0.39, 0.29) is 5.91 Å². The highest BCUT2D eigenvalue weighted by Gasteiger charge is 2.32. The van der Waals surface area contributed by atoms with E-state index in [1.54, 1.807) is 42.5 Å². The van der Waals surface area contributed by atoms with Crippen LogP contribution in [-0.2, 0) is 4.79 Å². The first-order chi connectivity index (χ1) is 14.0. The fourth-order valence-electron chi connectivity index (χ4n) is 2.98. The molecule has 0 saturated carbocycles. The molecule has 0 atom stereocenters. The standard InChI is InChI=1S/C21H22N2O5S/c1-5-28-15-8-6-14(7-9-15)23-20(24)16(22-21(23)29)10-13-11-17(25-2)19(27-4)18(12-13)26-3/h6-12H,5H2,1-4H3,(H,22,29)/b16-10-. The van der Waals surface area contributed by atoms with Crippen LogP contribution in [0.4, 0.5) is 5.69 Å². The number of anilines is 1. The van der Waals surface area contributed by atoms with Crippen molar-refractivity contribution in [1.29, 1.82) is 0 Å². The van der Waals surface area contributed by atoms with Crippen LogP contribution in [0.5, 0.6) is 23.0 Å². The summed E-state index contributed by atoms with van der Waals surface area (Å²) in [5.41, 5.74) is 1.70. The summed E-state index contributed by atoms with van der Waals surface area (Å²) < 4.78 is 21.5. The van der Waals surface area contributed by atoms with Crippen molar-refractivity contribution in [3.05, 3.63) is 47.7 Å². The van der Waals surface area contributed by atoms with Gasteiger partial charge in [-0.25, -0.2) is 0 Å². The van der Waals surface area contributed by atoms with Crippen molar-refractivity contribution < 1.29 is 23.7 Å². The van der Waals surface area contributed by atoms with Gasteiger partial charge in [0.05, 0.1) is 33.6 Å². The first kappa shape index (κ1) is 20.5. The third-order valence-corrected chi connectivity index (χ3v) is 4.57. The summed E-state index contributed by atoms with van der Waals surface area (Å²) in [7, 11) is 4.61. The third-order valence-electron chi connectivity index (χ3n) is 4.28. The van der Waals surface area contributed by atoms with Crippen LogP contribution in [0, 0.1) is 0 Å². The number of amides is 1. The fourth-order valence-corrected chi connectivity index (χ4v) is 3.28. The average molecular weight is 414 g/mol. The van der Waals surface area contributed by atoms with Gasteiger partial charge in [0.25, 0.3) is 5.91 Å². The molecule has 2 aromatic rings. The molecule has 29 heavy (non-hydrogen) atoms. The molecule has 0 aromatic heterocycles. The summed E-state index contributed by atoms with van der Waals surface area (Å²) >= 11 is 5.37. The van der Waals surface area contributed by atoms with Gasteiger partial charge in [-0.3, -0.25) is 9.69 Å². The minimum atomic E-state index is -0.257. The molecule has 0 bridgehead atoms. The molecule has 8 heteroatoms. The lowest BCUT2D eigenvalue weighted by Gasteiger charge is -2.14. The largest absolute Gasteiger partial charge is 0.494 e. The first-order valence-corrected chi connectivity index (χ1v) is 9.33. The lowest BCUT2D eigenvalue weighted by atomic mass is 10.1. The van der Waals surface area contributed by atoms with E-state index >= 15 is 0 Å². The highest BCUT2D eigenvalue weighted by Crippen LogP contribution is 2.39. The molecule has 0 aliphatic carbocycles. The number of thiocarbonyl (C=S) groups is 1. The van der Waals surface area contributed by atoms with Crippen LogP contribution >= 0.6 is 12.2 Å². The van der Waals surface area contributed by atoms with Gasteiger partial charge in [0.15, 0.2) is 16.6 Å². The fraction of sp³-hybridized carbons (Fsp3) is 0.238. The maximum atomic E-state index is 13.0. The minimum Gasteiger partial charge on any atom is -0.494 e. The Balaban J connectivity index is 1.92. The Kier molecular flexibility index (Phi) is 6.23. The van der Waals surface area contributed by atoms with Crippen LogP contribution in [0.2, 0.25) is 0 Å². The van der Waals surface area contributed by atoms with E-state index in [2.05, 4.69) is 5.32 Å². The molecule has 1 aliphatic rings. The molecule has 1 N–H and O–H groups in total. The number of ether oxygens (including phenoxy) is 4. The Morgan fingerprint density at radius 3 is 2.17 bits per heavy atom. The predicted molar refractivity (Wildman–Crippen MR) is 115 cm³/mol. The number of carbonyl (C=O) groups excluding carboxylic acids is 1. The number of rotatable bonds is 7. The van der Waals surface area contributed by atoms with Crippen molar-refractivity contribution >= 4 is 35.0 Å². The lowest BCUT2D eigenvalue weighted by molar-refractivity contribution is -0.113. The van der Waals surface area contributed by atoms with E-state index < -0.39 is 0 Å². The number of hydrogen-bond donors (Lipinski definition) is 1. The molecule has 1 amide bonds. The number of nitrogens with zero attached hydrogens (tertiary/aromatic N) is 1. The van der Waals surface area contributed by atoms with Crippen molar-refractivity contribution in [2.75, 3.05) is 32.8 Å². The molecule has 0 spiro atoms. The zero-order valence-corrected chi connectivity index (χ0v) is 17.5. The van der Waals surface area contributed by atoms with Crippen LogP contribution in [0.15, 0.2) is 42.1 Å². The van der Waals surface area contributed by atoms with Crippen molar-refractivity contribution in [1.82, 2.24) is 5.32 Å². The number of carbonyl (C=O) groups is 1. The Bertz CT molecular complexity index is 931. The zero-order chi connectivity index (χ0) is 21.0. The quantitative estimate of drug-likeness (QED) is 0.550. The van der Waals surface area contributed by atoms with Crippen molar-refractivity contribution in [2.24, 2.45) is 0 Å². The van der Waals surface area contributed by atoms with Crippen LogP contribution in [0.25, 0.3) is 6.08 Å². The SMILES string of the molecule is CCOc1ccc(N2C(=O)/C(=C/c3cc(OC)c(OC)c(OC)c3)NC2=S)cc1. The summed E-state index contributed by atoms with van der Waals surface area (Å²) in [5, 5.41) is 3.27. The molecule has 1 heterocycles. The van der Waals surface area contributed by atoms with Gasteiger partial charge in [0.1, 0.15) is 11.4 Å². The Labute approximate surface area is 174 Å². The van der Waals surface area contributed by atoms with E-state index in [4.69, 9.17) is 31.2 Å². The maximum Gasteiger partial charge on any atom is 0.281 e. The molecule has 1 fully saturated rings. The second-order valence-corrected chi connectivity index (χ2v) is 6.40. The van der Waals surface area contributed by atoms with Crippen molar-refractivity contribution in [3.63, 3.8) is 0 Å². The van der Waals surface area contributed by atoms with Crippen molar-refractivity contribution in [2.45, 2.75) is 6.92 Å². The lowest BCUT2D eigenvalue weighted by Crippen LogP contribution is -2.30. The van der Waals surface area contributed by atoms with Gasteiger partial charge in [-0.05, 0) is 67.2 Å². The monoisotopic (exact) mass is 414 g/mol. The molecule has 2 aromatic carbocycles. The van der Waals surface area contributed by atoms with E-state index in [1.807, 2.05) is 6.92 Å². The first-order valence-electron chi connectivity index (χ1n) is 8.92. The summed E-state index contributed by atoms with van der Waals surface area (Å²) in [6.07, 6.45) is 1.69. The van der Waals surface area contributed by atoms with E-state index in [0.717, 1.165) is 5.75 Å². The van der Waals surface area contributed by atoms with Crippen LogP contribution in [0.1, 0.15) is 12.5 Å². The second-order valence-electron chi connectivity index (χ2n) is 6.01. The summed E-state index contributed by atoms with van der Waals surface area (Å²) in [6, 6.07) is 10.7. The van der Waals surface area contributed by atoms with Crippen LogP contribution < -0.4 is 29.2 Å². The molecular formula is C21H22N2O5S. The van der Waals surface area contributed by atoms with Gasteiger partial charge in [-0.1, -0.05) is 0 Å². The minimum absolute atomic E-state index is 0.257. The molecule has 0 unspecified atom stereocenters.